The zero-order valence-electron chi connectivity index (χ0n) is 19.7. The maximum atomic E-state index is 13.0. The number of ether oxygens (including phenoxy) is 3. The number of hydrogen-bond acceptors (Lipinski definition) is 8. The largest absolute Gasteiger partial charge is 0.493 e. The first kappa shape index (κ1) is 25.6. The van der Waals surface area contributed by atoms with Crippen molar-refractivity contribution in [2.75, 3.05) is 14.2 Å². The molecule has 0 N–H and O–H groups in total. The van der Waals surface area contributed by atoms with Crippen molar-refractivity contribution in [2.24, 2.45) is 0 Å². The molecule has 2 aromatic carbocycles. The number of aryl methyl sites for hydroxylation is 1. The molecule has 0 aliphatic carbocycles. The molecular weight excluding hydrogens is 550 g/mol. The van der Waals surface area contributed by atoms with Crippen LogP contribution < -0.4 is 9.47 Å². The fraction of sp³-hybridized carbons (Fsp3) is 0.192. The normalized spacial score (nSPS) is 14.4. The van der Waals surface area contributed by atoms with E-state index in [1.54, 1.807) is 18.2 Å². The average molecular weight is 572 g/mol. The van der Waals surface area contributed by atoms with Crippen molar-refractivity contribution < 1.29 is 33.0 Å². The Morgan fingerprint density at radius 3 is 2.64 bits per heavy atom. The smallest absolute Gasteiger partial charge is 0.373 e. The van der Waals surface area contributed by atoms with E-state index in [1.807, 2.05) is 31.2 Å². The maximum Gasteiger partial charge on any atom is 0.373 e. The van der Waals surface area contributed by atoms with Gasteiger partial charge in [-0.2, -0.15) is 0 Å². The summed E-state index contributed by atoms with van der Waals surface area (Å²) in [5.41, 5.74) is 2.82. The van der Waals surface area contributed by atoms with E-state index in [9.17, 15) is 14.4 Å². The summed E-state index contributed by atoms with van der Waals surface area (Å²) in [5, 5.41) is -0.441. The van der Waals surface area contributed by atoms with Crippen LogP contribution in [0.3, 0.4) is 0 Å². The highest BCUT2D eigenvalue weighted by atomic mass is 79.9. The number of hydrogen-bond donors (Lipinski definition) is 0. The van der Waals surface area contributed by atoms with E-state index in [1.165, 1.54) is 26.4 Å². The van der Waals surface area contributed by atoms with Crippen LogP contribution in [-0.4, -0.2) is 36.2 Å². The Morgan fingerprint density at radius 1 is 1.11 bits per heavy atom. The first-order valence-electron chi connectivity index (χ1n) is 10.8. The predicted octanol–water partition coefficient (Wildman–Crippen LogP) is 5.96. The Hall–Kier alpha value is -3.50. The highest BCUT2D eigenvalue weighted by molar-refractivity contribution is 9.10. The Bertz CT molecular complexity index is 1360. The van der Waals surface area contributed by atoms with Gasteiger partial charge in [0, 0.05) is 4.47 Å². The van der Waals surface area contributed by atoms with Crippen molar-refractivity contribution >= 4 is 50.9 Å². The third-order valence-corrected chi connectivity index (χ3v) is 6.88. The zero-order valence-corrected chi connectivity index (χ0v) is 22.1. The summed E-state index contributed by atoms with van der Waals surface area (Å²) >= 11 is 4.35. The van der Waals surface area contributed by atoms with Gasteiger partial charge in [-0.05, 0) is 60.2 Å². The van der Waals surface area contributed by atoms with E-state index in [2.05, 4.69) is 20.7 Å². The first-order chi connectivity index (χ1) is 17.3. The molecule has 1 fully saturated rings. The van der Waals surface area contributed by atoms with Crippen molar-refractivity contribution in [3.63, 3.8) is 0 Å². The number of amides is 2. The molecule has 2 amide bonds. The van der Waals surface area contributed by atoms with Crippen LogP contribution in [0.15, 0.2) is 62.3 Å². The number of furan rings is 1. The van der Waals surface area contributed by atoms with Crippen LogP contribution in [0, 0.1) is 6.92 Å². The van der Waals surface area contributed by atoms with Crippen molar-refractivity contribution in [1.29, 1.82) is 0 Å². The second-order valence-corrected chi connectivity index (χ2v) is 9.68. The Balaban J connectivity index is 1.51. The number of esters is 1. The van der Waals surface area contributed by atoms with Gasteiger partial charge < -0.3 is 18.6 Å². The fourth-order valence-corrected chi connectivity index (χ4v) is 4.77. The molecule has 1 aliphatic rings. The fourth-order valence-electron chi connectivity index (χ4n) is 3.50. The second-order valence-electron chi connectivity index (χ2n) is 7.83. The van der Waals surface area contributed by atoms with Gasteiger partial charge in [0.1, 0.15) is 12.4 Å². The monoisotopic (exact) mass is 571 g/mol. The van der Waals surface area contributed by atoms with Gasteiger partial charge in [-0.25, -0.2) is 4.79 Å². The summed E-state index contributed by atoms with van der Waals surface area (Å²) < 4.78 is 22.1. The summed E-state index contributed by atoms with van der Waals surface area (Å²) in [6.45, 7) is 2.29. The minimum atomic E-state index is -0.639. The van der Waals surface area contributed by atoms with Gasteiger partial charge in [0.2, 0.25) is 5.76 Å². The van der Waals surface area contributed by atoms with E-state index in [0.717, 1.165) is 27.8 Å². The van der Waals surface area contributed by atoms with E-state index in [-0.39, 0.29) is 23.0 Å². The molecule has 1 aromatic heterocycles. The van der Waals surface area contributed by atoms with Crippen molar-refractivity contribution in [3.8, 4) is 11.5 Å². The lowest BCUT2D eigenvalue weighted by molar-refractivity contribution is -0.123. The molecule has 3 aromatic rings. The lowest BCUT2D eigenvalue weighted by Crippen LogP contribution is -2.27. The van der Waals surface area contributed by atoms with Gasteiger partial charge >= 0.3 is 5.97 Å². The standard InChI is InChI=1S/C26H22BrNO7S/c1-15-5-4-6-16(9-15)14-34-22-12-19(27)17(10-21(22)32-2)11-23-24(29)28(26(31)36-23)13-18-7-8-20(35-18)25(30)33-3/h4-12H,13-14H2,1-3H3/b23-11+. The predicted molar refractivity (Wildman–Crippen MR) is 138 cm³/mol. The van der Waals surface area contributed by atoms with Gasteiger partial charge in [-0.15, -0.1) is 0 Å². The number of nitrogens with zero attached hydrogens (tertiary/aromatic N) is 1. The molecule has 0 bridgehead atoms. The lowest BCUT2D eigenvalue weighted by Gasteiger charge is -2.13. The molecule has 8 nitrogen and oxygen atoms in total. The minimum absolute atomic E-state index is 0.00394. The summed E-state index contributed by atoms with van der Waals surface area (Å²) in [5.74, 6) is 0.206. The molecule has 0 spiro atoms. The molecule has 1 aliphatic heterocycles. The number of carbonyl (C=O) groups excluding carboxylic acids is 3. The summed E-state index contributed by atoms with van der Waals surface area (Å²) in [7, 11) is 2.77. The zero-order chi connectivity index (χ0) is 25.8. The van der Waals surface area contributed by atoms with E-state index in [4.69, 9.17) is 13.9 Å². The minimum Gasteiger partial charge on any atom is -0.493 e. The molecular formula is C26H22BrNO7S. The SMILES string of the molecule is COC(=O)c1ccc(CN2C(=O)S/C(=C/c3cc(OC)c(OCc4cccc(C)c4)cc3Br)C2=O)o1. The number of imide groups is 1. The van der Waals surface area contributed by atoms with Gasteiger partial charge in [0.15, 0.2) is 11.5 Å². The van der Waals surface area contributed by atoms with Crippen LogP contribution in [0.4, 0.5) is 4.79 Å². The Labute approximate surface area is 220 Å². The van der Waals surface area contributed by atoms with Crippen molar-refractivity contribution in [3.05, 3.63) is 86.1 Å². The van der Waals surface area contributed by atoms with Crippen molar-refractivity contribution in [1.82, 2.24) is 4.90 Å². The third kappa shape index (κ3) is 5.66. The Kier molecular flexibility index (Phi) is 7.85. The van der Waals surface area contributed by atoms with E-state index in [0.29, 0.717) is 28.1 Å². The average Bonchev–Trinajstić information content (AvgIpc) is 3.44. The van der Waals surface area contributed by atoms with Crippen LogP contribution in [0.5, 0.6) is 11.5 Å². The molecule has 0 atom stereocenters. The van der Waals surface area contributed by atoms with E-state index < -0.39 is 17.1 Å². The number of methoxy groups -OCH3 is 2. The molecule has 2 heterocycles. The van der Waals surface area contributed by atoms with E-state index >= 15 is 0 Å². The van der Waals surface area contributed by atoms with Crippen LogP contribution >= 0.6 is 27.7 Å². The third-order valence-electron chi connectivity index (χ3n) is 5.28. The summed E-state index contributed by atoms with van der Waals surface area (Å²) in [6.07, 6.45) is 1.61. The topological polar surface area (TPSA) is 95.3 Å². The molecule has 1 saturated heterocycles. The van der Waals surface area contributed by atoms with Gasteiger partial charge in [-0.3, -0.25) is 14.5 Å². The van der Waals surface area contributed by atoms with Crippen LogP contribution in [-0.2, 0) is 22.7 Å². The van der Waals surface area contributed by atoms with Crippen LogP contribution in [0.2, 0.25) is 0 Å². The first-order valence-corrected chi connectivity index (χ1v) is 12.4. The number of benzene rings is 2. The van der Waals surface area contributed by atoms with Gasteiger partial charge in [-0.1, -0.05) is 45.8 Å². The molecule has 0 radical (unpaired) electrons. The van der Waals surface area contributed by atoms with Crippen LogP contribution in [0.1, 0.15) is 33.0 Å². The maximum absolute atomic E-state index is 13.0. The number of carbonyl (C=O) groups is 3. The molecule has 36 heavy (non-hydrogen) atoms. The number of thioether (sulfide) groups is 1. The van der Waals surface area contributed by atoms with Gasteiger partial charge in [0.05, 0.1) is 25.7 Å². The molecule has 0 unspecified atom stereocenters. The Morgan fingerprint density at radius 2 is 1.92 bits per heavy atom. The number of halogens is 1. The van der Waals surface area contributed by atoms with Gasteiger partial charge in [0.25, 0.3) is 11.1 Å². The number of rotatable bonds is 8. The quantitative estimate of drug-likeness (QED) is 0.241. The molecule has 186 valence electrons. The summed E-state index contributed by atoms with van der Waals surface area (Å²) in [6, 6.07) is 14.5. The molecule has 4 rings (SSSR count). The van der Waals surface area contributed by atoms with Crippen LogP contribution in [0.25, 0.3) is 6.08 Å². The molecule has 10 heteroatoms. The highest BCUT2D eigenvalue weighted by Crippen LogP contribution is 2.38. The molecule has 0 saturated carbocycles. The summed E-state index contributed by atoms with van der Waals surface area (Å²) in [4.78, 5) is 38.4. The lowest BCUT2D eigenvalue weighted by atomic mass is 10.1. The second kappa shape index (κ2) is 11.0. The highest BCUT2D eigenvalue weighted by Gasteiger charge is 2.36. The van der Waals surface area contributed by atoms with Crippen molar-refractivity contribution in [2.45, 2.75) is 20.1 Å².